The molecule has 0 unspecified atom stereocenters. The summed E-state index contributed by atoms with van der Waals surface area (Å²) in [5.41, 5.74) is 1.87. The van der Waals surface area contributed by atoms with Crippen molar-refractivity contribution in [3.8, 4) is 5.75 Å². The smallest absolute Gasteiger partial charge is 0.239 e. The minimum absolute atomic E-state index is 0.0161. The molecule has 0 aliphatic heterocycles. The van der Waals surface area contributed by atoms with E-state index in [0.29, 0.717) is 6.61 Å². The molecule has 0 atom stereocenters. The second kappa shape index (κ2) is 7.46. The molecule has 0 aliphatic carbocycles. The van der Waals surface area contributed by atoms with Gasteiger partial charge in [-0.25, -0.2) is 0 Å². The summed E-state index contributed by atoms with van der Waals surface area (Å²) in [5, 5.41) is 5.88. The number of carbonyl (C=O) groups excluding carboxylic acids is 1. The minimum atomic E-state index is -0.0161. The van der Waals surface area contributed by atoms with Gasteiger partial charge in [-0.05, 0) is 50.6 Å². The van der Waals surface area contributed by atoms with E-state index in [1.54, 1.807) is 0 Å². The summed E-state index contributed by atoms with van der Waals surface area (Å²) in [5.74, 6) is 0.776. The van der Waals surface area contributed by atoms with Crippen LogP contribution in [0.4, 0.5) is 5.69 Å². The Labute approximate surface area is 114 Å². The molecule has 1 aromatic carbocycles. The zero-order valence-electron chi connectivity index (χ0n) is 11.8. The van der Waals surface area contributed by atoms with E-state index in [0.717, 1.165) is 17.0 Å². The van der Waals surface area contributed by atoms with Crippen molar-refractivity contribution in [3.63, 3.8) is 0 Å². The topological polar surface area (TPSA) is 50.4 Å². The van der Waals surface area contributed by atoms with Crippen molar-refractivity contribution in [2.24, 2.45) is 0 Å². The Morgan fingerprint density at radius 1 is 1.32 bits per heavy atom. The van der Waals surface area contributed by atoms with Crippen molar-refractivity contribution in [1.82, 2.24) is 5.32 Å². The van der Waals surface area contributed by atoms with E-state index in [1.807, 2.05) is 45.0 Å². The SMILES string of the molecule is C=C(C)COc1ccc(NCC(=O)NC(C)C)cc1. The molecule has 0 aliphatic rings. The average molecular weight is 262 g/mol. The van der Waals surface area contributed by atoms with Crippen LogP contribution in [-0.4, -0.2) is 25.1 Å². The molecule has 4 nitrogen and oxygen atoms in total. The lowest BCUT2D eigenvalue weighted by Crippen LogP contribution is -2.34. The number of carbonyl (C=O) groups is 1. The first kappa shape index (κ1) is 15.1. The molecule has 0 fully saturated rings. The second-order valence-electron chi connectivity index (χ2n) is 4.85. The van der Waals surface area contributed by atoms with Crippen LogP contribution in [0.25, 0.3) is 0 Å². The normalized spacial score (nSPS) is 10.1. The van der Waals surface area contributed by atoms with Crippen molar-refractivity contribution in [3.05, 3.63) is 36.4 Å². The third-order valence-electron chi connectivity index (χ3n) is 2.24. The summed E-state index contributed by atoms with van der Waals surface area (Å²) in [7, 11) is 0. The first-order chi connectivity index (χ1) is 8.97. The summed E-state index contributed by atoms with van der Waals surface area (Å²) >= 11 is 0. The lowest BCUT2D eigenvalue weighted by molar-refractivity contribution is -0.119. The van der Waals surface area contributed by atoms with Crippen molar-refractivity contribution in [2.75, 3.05) is 18.5 Å². The number of anilines is 1. The van der Waals surface area contributed by atoms with Crippen LogP contribution in [0.3, 0.4) is 0 Å². The van der Waals surface area contributed by atoms with Gasteiger partial charge in [0.25, 0.3) is 0 Å². The van der Waals surface area contributed by atoms with Gasteiger partial charge in [0.15, 0.2) is 0 Å². The summed E-state index contributed by atoms with van der Waals surface area (Å²) in [4.78, 5) is 11.5. The Morgan fingerprint density at radius 3 is 2.47 bits per heavy atom. The first-order valence-electron chi connectivity index (χ1n) is 6.38. The minimum Gasteiger partial charge on any atom is -0.489 e. The predicted molar refractivity (Wildman–Crippen MR) is 78.5 cm³/mol. The fraction of sp³-hybridized carbons (Fsp3) is 0.400. The van der Waals surface area contributed by atoms with Gasteiger partial charge in [0.1, 0.15) is 12.4 Å². The van der Waals surface area contributed by atoms with Crippen molar-refractivity contribution < 1.29 is 9.53 Å². The maximum atomic E-state index is 11.5. The van der Waals surface area contributed by atoms with Crippen LogP contribution < -0.4 is 15.4 Å². The molecule has 1 aromatic rings. The lowest BCUT2D eigenvalue weighted by atomic mass is 10.3. The lowest BCUT2D eigenvalue weighted by Gasteiger charge is -2.11. The molecule has 104 valence electrons. The number of nitrogens with one attached hydrogen (secondary N) is 2. The second-order valence-corrected chi connectivity index (χ2v) is 4.85. The fourth-order valence-electron chi connectivity index (χ4n) is 1.43. The van der Waals surface area contributed by atoms with E-state index < -0.39 is 0 Å². The Kier molecular flexibility index (Phi) is 5.93. The molecule has 19 heavy (non-hydrogen) atoms. The van der Waals surface area contributed by atoms with Crippen molar-refractivity contribution >= 4 is 11.6 Å². The summed E-state index contributed by atoms with van der Waals surface area (Å²) in [6, 6.07) is 7.66. The fourth-order valence-corrected chi connectivity index (χ4v) is 1.43. The van der Waals surface area contributed by atoms with Crippen LogP contribution in [-0.2, 0) is 4.79 Å². The first-order valence-corrected chi connectivity index (χ1v) is 6.38. The third-order valence-corrected chi connectivity index (χ3v) is 2.24. The van der Waals surface area contributed by atoms with E-state index in [1.165, 1.54) is 0 Å². The molecular weight excluding hydrogens is 240 g/mol. The highest BCUT2D eigenvalue weighted by Gasteiger charge is 2.02. The van der Waals surface area contributed by atoms with Crippen LogP contribution in [0.15, 0.2) is 36.4 Å². The number of amides is 1. The van der Waals surface area contributed by atoms with E-state index in [2.05, 4.69) is 17.2 Å². The van der Waals surface area contributed by atoms with E-state index in [-0.39, 0.29) is 18.5 Å². The standard InChI is InChI=1S/C15H22N2O2/c1-11(2)10-19-14-7-5-13(6-8-14)16-9-15(18)17-12(3)4/h5-8,12,16H,1,9-10H2,2-4H3,(H,17,18). The summed E-state index contributed by atoms with van der Waals surface area (Å²) in [6.45, 7) is 10.4. The van der Waals surface area contributed by atoms with Gasteiger partial charge < -0.3 is 15.4 Å². The molecular formula is C15H22N2O2. The Hall–Kier alpha value is -1.97. The van der Waals surface area contributed by atoms with Crippen molar-refractivity contribution in [2.45, 2.75) is 26.8 Å². The number of ether oxygens (including phenoxy) is 1. The van der Waals surface area contributed by atoms with Gasteiger partial charge >= 0.3 is 0 Å². The average Bonchev–Trinajstić information content (AvgIpc) is 2.34. The molecule has 0 spiro atoms. The van der Waals surface area contributed by atoms with Crippen LogP contribution >= 0.6 is 0 Å². The molecule has 0 bridgehead atoms. The quantitative estimate of drug-likeness (QED) is 0.743. The maximum absolute atomic E-state index is 11.5. The molecule has 0 heterocycles. The molecule has 2 N–H and O–H groups in total. The highest BCUT2D eigenvalue weighted by Crippen LogP contribution is 2.15. The van der Waals surface area contributed by atoms with Gasteiger partial charge in [0.05, 0.1) is 6.54 Å². The van der Waals surface area contributed by atoms with Gasteiger partial charge in [-0.2, -0.15) is 0 Å². The van der Waals surface area contributed by atoms with Crippen LogP contribution in [0.1, 0.15) is 20.8 Å². The molecule has 0 saturated heterocycles. The third kappa shape index (κ3) is 6.50. The summed E-state index contributed by atoms with van der Waals surface area (Å²) in [6.07, 6.45) is 0. The highest BCUT2D eigenvalue weighted by molar-refractivity contribution is 5.80. The molecule has 0 radical (unpaired) electrons. The van der Waals surface area contributed by atoms with Crippen molar-refractivity contribution in [1.29, 1.82) is 0 Å². The molecule has 1 rings (SSSR count). The molecule has 0 saturated carbocycles. The molecule has 0 aromatic heterocycles. The van der Waals surface area contributed by atoms with Crippen LogP contribution in [0.5, 0.6) is 5.75 Å². The molecule has 4 heteroatoms. The molecule has 1 amide bonds. The van der Waals surface area contributed by atoms with Gasteiger partial charge in [-0.1, -0.05) is 6.58 Å². The van der Waals surface area contributed by atoms with E-state index >= 15 is 0 Å². The van der Waals surface area contributed by atoms with E-state index in [4.69, 9.17) is 4.74 Å². The highest BCUT2D eigenvalue weighted by atomic mass is 16.5. The number of hydrogen-bond acceptors (Lipinski definition) is 3. The van der Waals surface area contributed by atoms with Gasteiger partial charge in [0, 0.05) is 11.7 Å². The Balaban J connectivity index is 2.39. The summed E-state index contributed by atoms with van der Waals surface area (Å²) < 4.78 is 5.49. The van der Waals surface area contributed by atoms with Crippen LogP contribution in [0.2, 0.25) is 0 Å². The van der Waals surface area contributed by atoms with Crippen LogP contribution in [0, 0.1) is 0 Å². The zero-order chi connectivity index (χ0) is 14.3. The largest absolute Gasteiger partial charge is 0.489 e. The number of hydrogen-bond donors (Lipinski definition) is 2. The van der Waals surface area contributed by atoms with Gasteiger partial charge in [-0.15, -0.1) is 0 Å². The monoisotopic (exact) mass is 262 g/mol. The maximum Gasteiger partial charge on any atom is 0.239 e. The number of benzene rings is 1. The Morgan fingerprint density at radius 2 is 1.95 bits per heavy atom. The Bertz CT molecular complexity index is 424. The number of rotatable bonds is 7. The van der Waals surface area contributed by atoms with E-state index in [9.17, 15) is 4.79 Å². The van der Waals surface area contributed by atoms with Gasteiger partial charge in [0.2, 0.25) is 5.91 Å². The predicted octanol–water partition coefficient (Wildman–Crippen LogP) is 2.58. The zero-order valence-corrected chi connectivity index (χ0v) is 11.8. The van der Waals surface area contributed by atoms with Gasteiger partial charge in [-0.3, -0.25) is 4.79 Å².